The topological polar surface area (TPSA) is 73.5 Å². The van der Waals surface area contributed by atoms with Crippen LogP contribution in [-0.2, 0) is 4.74 Å². The number of rotatable bonds is 3. The van der Waals surface area contributed by atoms with E-state index in [0.717, 1.165) is 11.0 Å². The Hall–Kier alpha value is -0.920. The molecule has 1 aromatic rings. The van der Waals surface area contributed by atoms with Gasteiger partial charge in [-0.05, 0) is 15.9 Å². The Morgan fingerprint density at radius 3 is 3.24 bits per heavy atom. The lowest BCUT2D eigenvalue weighted by Crippen LogP contribution is -2.46. The van der Waals surface area contributed by atoms with E-state index in [1.54, 1.807) is 13.3 Å². The van der Waals surface area contributed by atoms with Crippen molar-refractivity contribution in [2.45, 2.75) is 6.10 Å². The van der Waals surface area contributed by atoms with Gasteiger partial charge in [-0.1, -0.05) is 0 Å². The molecular weight excluding hydrogens is 288 g/mol. The molecule has 2 heterocycles. The molecule has 94 valence electrons. The van der Waals surface area contributed by atoms with Gasteiger partial charge in [0.1, 0.15) is 0 Å². The molecule has 0 amide bonds. The van der Waals surface area contributed by atoms with Crippen molar-refractivity contribution in [3.8, 4) is 5.88 Å². The first kappa shape index (κ1) is 12.5. The number of halogens is 1. The first-order chi connectivity index (χ1) is 8.24. The molecule has 1 unspecified atom stereocenters. The highest BCUT2D eigenvalue weighted by Gasteiger charge is 2.21. The highest BCUT2D eigenvalue weighted by molar-refractivity contribution is 9.10. The first-order valence-electron chi connectivity index (χ1n) is 5.37. The molecule has 0 aromatic carbocycles. The average Bonchev–Trinajstić information content (AvgIpc) is 2.39. The molecule has 1 fully saturated rings. The van der Waals surface area contributed by atoms with Gasteiger partial charge in [0.05, 0.1) is 30.5 Å². The van der Waals surface area contributed by atoms with Gasteiger partial charge in [-0.3, -0.25) is 0 Å². The normalized spacial score (nSPS) is 20.4. The predicted octanol–water partition coefficient (Wildman–Crippen LogP) is 0.412. The van der Waals surface area contributed by atoms with Gasteiger partial charge in [0.15, 0.2) is 0 Å². The van der Waals surface area contributed by atoms with Crippen LogP contribution < -0.4 is 15.4 Å². The molecule has 1 aromatic heterocycles. The fourth-order valence-corrected chi connectivity index (χ4v) is 2.03. The molecule has 0 spiro atoms. The first-order valence-corrected chi connectivity index (χ1v) is 6.17. The monoisotopic (exact) mass is 302 g/mol. The van der Waals surface area contributed by atoms with Crippen LogP contribution >= 0.6 is 15.9 Å². The summed E-state index contributed by atoms with van der Waals surface area (Å²) in [6, 6.07) is 0. The van der Waals surface area contributed by atoms with E-state index in [4.69, 9.17) is 15.2 Å². The number of anilines is 1. The van der Waals surface area contributed by atoms with Gasteiger partial charge >= 0.3 is 0 Å². The Balaban J connectivity index is 2.16. The highest BCUT2D eigenvalue weighted by Crippen LogP contribution is 2.24. The summed E-state index contributed by atoms with van der Waals surface area (Å²) in [5, 5.41) is 0. The van der Waals surface area contributed by atoms with Crippen LogP contribution in [0.3, 0.4) is 0 Å². The number of hydrogen-bond donors (Lipinski definition) is 1. The molecule has 0 bridgehead atoms. The molecule has 0 saturated carbocycles. The van der Waals surface area contributed by atoms with Crippen molar-refractivity contribution in [3.63, 3.8) is 0 Å². The average molecular weight is 303 g/mol. The van der Waals surface area contributed by atoms with E-state index >= 15 is 0 Å². The summed E-state index contributed by atoms with van der Waals surface area (Å²) in [7, 11) is 1.58. The van der Waals surface area contributed by atoms with Crippen LogP contribution in [0.4, 0.5) is 5.95 Å². The molecule has 1 aliphatic rings. The van der Waals surface area contributed by atoms with Crippen molar-refractivity contribution in [1.82, 2.24) is 9.97 Å². The summed E-state index contributed by atoms with van der Waals surface area (Å²) in [6.45, 7) is 2.62. The summed E-state index contributed by atoms with van der Waals surface area (Å²) in [5.41, 5.74) is 5.60. The number of hydrogen-bond acceptors (Lipinski definition) is 6. The Morgan fingerprint density at radius 2 is 2.53 bits per heavy atom. The predicted molar refractivity (Wildman–Crippen MR) is 67.3 cm³/mol. The van der Waals surface area contributed by atoms with E-state index in [0.29, 0.717) is 31.5 Å². The Bertz CT molecular complexity index is 391. The second-order valence-electron chi connectivity index (χ2n) is 3.70. The molecule has 7 heteroatoms. The molecule has 2 N–H and O–H groups in total. The molecular formula is C10H15BrN4O2. The van der Waals surface area contributed by atoms with Crippen LogP contribution in [0, 0.1) is 0 Å². The SMILES string of the molecule is COc1nc(N2CCOC(CN)C2)ncc1Br. The third-order valence-corrected chi connectivity index (χ3v) is 3.12. The second kappa shape index (κ2) is 5.61. The Morgan fingerprint density at radius 1 is 1.71 bits per heavy atom. The molecule has 2 rings (SSSR count). The number of aromatic nitrogens is 2. The van der Waals surface area contributed by atoms with Gasteiger partial charge in [0, 0.05) is 19.6 Å². The summed E-state index contributed by atoms with van der Waals surface area (Å²) in [6.07, 6.45) is 1.73. The lowest BCUT2D eigenvalue weighted by molar-refractivity contribution is 0.0459. The maximum absolute atomic E-state index is 5.60. The second-order valence-corrected chi connectivity index (χ2v) is 4.56. The van der Waals surface area contributed by atoms with Crippen molar-refractivity contribution < 1.29 is 9.47 Å². The minimum atomic E-state index is 0.0435. The zero-order valence-electron chi connectivity index (χ0n) is 9.60. The number of nitrogens with zero attached hydrogens (tertiary/aromatic N) is 3. The zero-order valence-corrected chi connectivity index (χ0v) is 11.2. The standard InChI is InChI=1S/C10H15BrN4O2/c1-16-9-8(11)5-13-10(14-9)15-2-3-17-7(4-12)6-15/h5,7H,2-4,6,12H2,1H3. The van der Waals surface area contributed by atoms with Crippen molar-refractivity contribution in [2.24, 2.45) is 5.73 Å². The van der Waals surface area contributed by atoms with Gasteiger partial charge in [0.2, 0.25) is 11.8 Å². The molecule has 0 radical (unpaired) electrons. The molecule has 6 nitrogen and oxygen atoms in total. The Labute approximate surface area is 108 Å². The minimum Gasteiger partial charge on any atom is -0.480 e. The zero-order chi connectivity index (χ0) is 12.3. The quantitative estimate of drug-likeness (QED) is 0.872. The van der Waals surface area contributed by atoms with Gasteiger partial charge < -0.3 is 20.1 Å². The summed E-state index contributed by atoms with van der Waals surface area (Å²) >= 11 is 3.33. The van der Waals surface area contributed by atoms with E-state index in [9.17, 15) is 0 Å². The van der Waals surface area contributed by atoms with Gasteiger partial charge in [-0.15, -0.1) is 0 Å². The van der Waals surface area contributed by atoms with Crippen LogP contribution in [0.5, 0.6) is 5.88 Å². The van der Waals surface area contributed by atoms with Crippen LogP contribution in [0.15, 0.2) is 10.7 Å². The van der Waals surface area contributed by atoms with Crippen molar-refractivity contribution in [1.29, 1.82) is 0 Å². The van der Waals surface area contributed by atoms with Crippen molar-refractivity contribution >= 4 is 21.9 Å². The fourth-order valence-electron chi connectivity index (χ4n) is 1.68. The minimum absolute atomic E-state index is 0.0435. The Kier molecular flexibility index (Phi) is 4.14. The smallest absolute Gasteiger partial charge is 0.232 e. The maximum atomic E-state index is 5.60. The highest BCUT2D eigenvalue weighted by atomic mass is 79.9. The molecule has 17 heavy (non-hydrogen) atoms. The summed E-state index contributed by atoms with van der Waals surface area (Å²) in [5.74, 6) is 1.18. The number of morpholine rings is 1. The van der Waals surface area contributed by atoms with E-state index in [-0.39, 0.29) is 6.10 Å². The van der Waals surface area contributed by atoms with E-state index in [1.165, 1.54) is 0 Å². The molecule has 1 atom stereocenters. The number of nitrogens with two attached hydrogens (primary N) is 1. The number of methoxy groups -OCH3 is 1. The van der Waals surface area contributed by atoms with E-state index in [1.807, 2.05) is 0 Å². The summed E-state index contributed by atoms with van der Waals surface area (Å²) in [4.78, 5) is 10.7. The van der Waals surface area contributed by atoms with Crippen molar-refractivity contribution in [3.05, 3.63) is 10.7 Å². The summed E-state index contributed by atoms with van der Waals surface area (Å²) < 4.78 is 11.4. The third-order valence-electron chi connectivity index (χ3n) is 2.58. The molecule has 1 saturated heterocycles. The fraction of sp³-hybridized carbons (Fsp3) is 0.600. The van der Waals surface area contributed by atoms with Gasteiger partial charge in [-0.25, -0.2) is 4.98 Å². The van der Waals surface area contributed by atoms with E-state index < -0.39 is 0 Å². The van der Waals surface area contributed by atoms with Crippen LogP contribution in [-0.4, -0.2) is 49.4 Å². The third kappa shape index (κ3) is 2.85. The largest absolute Gasteiger partial charge is 0.480 e. The lowest BCUT2D eigenvalue weighted by Gasteiger charge is -2.32. The van der Waals surface area contributed by atoms with Crippen LogP contribution in [0.2, 0.25) is 0 Å². The van der Waals surface area contributed by atoms with Gasteiger partial charge in [0.25, 0.3) is 0 Å². The van der Waals surface area contributed by atoms with Crippen LogP contribution in [0.1, 0.15) is 0 Å². The van der Waals surface area contributed by atoms with Gasteiger partial charge in [-0.2, -0.15) is 4.98 Å². The van der Waals surface area contributed by atoms with Crippen molar-refractivity contribution in [2.75, 3.05) is 38.3 Å². The number of ether oxygens (including phenoxy) is 2. The maximum Gasteiger partial charge on any atom is 0.232 e. The van der Waals surface area contributed by atoms with E-state index in [2.05, 4.69) is 30.8 Å². The molecule has 0 aliphatic carbocycles. The molecule has 1 aliphatic heterocycles. The van der Waals surface area contributed by atoms with Crippen LogP contribution in [0.25, 0.3) is 0 Å². The lowest BCUT2D eigenvalue weighted by atomic mass is 10.3.